The topological polar surface area (TPSA) is 87.1 Å². The molecule has 2 aliphatic carbocycles. The molecule has 2 saturated carbocycles. The first kappa shape index (κ1) is 24.1. The molecule has 2 aliphatic rings. The van der Waals surface area contributed by atoms with Crippen molar-refractivity contribution in [2.75, 3.05) is 27.2 Å². The van der Waals surface area contributed by atoms with Crippen LogP contribution in [0.1, 0.15) is 45.6 Å². The normalized spacial score (nSPS) is 29.1. The van der Waals surface area contributed by atoms with Crippen molar-refractivity contribution in [2.24, 2.45) is 16.7 Å². The summed E-state index contributed by atoms with van der Waals surface area (Å²) in [5.41, 5.74) is 1.84. The van der Waals surface area contributed by atoms with E-state index in [9.17, 15) is 9.59 Å². The Morgan fingerprint density at radius 2 is 1.67 bits per heavy atom. The van der Waals surface area contributed by atoms with Crippen LogP contribution >= 0.6 is 0 Å². The fourth-order valence-corrected chi connectivity index (χ4v) is 5.24. The minimum atomic E-state index is -1.26. The molecular weight excluding hydrogens is 382 g/mol. The van der Waals surface area contributed by atoms with E-state index in [1.807, 2.05) is 0 Å². The summed E-state index contributed by atoms with van der Waals surface area (Å²) in [6, 6.07) is 11.0. The first-order chi connectivity index (χ1) is 14.0. The molecule has 0 heterocycles. The first-order valence-corrected chi connectivity index (χ1v) is 10.4. The minimum absolute atomic E-state index is 0.114. The number of fused-ring (bicyclic) bond motifs is 2. The number of hydrogen-bond acceptors (Lipinski definition) is 4. The van der Waals surface area contributed by atoms with Crippen molar-refractivity contribution in [1.82, 2.24) is 4.90 Å². The molecule has 3 rings (SSSR count). The molecule has 2 N–H and O–H groups in total. The maximum Gasteiger partial charge on any atom is 0.328 e. The van der Waals surface area contributed by atoms with Gasteiger partial charge in [0, 0.05) is 24.1 Å². The lowest BCUT2D eigenvalue weighted by molar-refractivity contribution is -0.148. The third kappa shape index (κ3) is 4.60. The fourth-order valence-electron chi connectivity index (χ4n) is 5.24. The molecule has 0 aliphatic heterocycles. The van der Waals surface area contributed by atoms with Crippen molar-refractivity contribution < 1.29 is 24.5 Å². The number of carboxylic acid groups (broad SMARTS) is 2. The monoisotopic (exact) mass is 417 g/mol. The number of ether oxygens (including phenoxy) is 1. The van der Waals surface area contributed by atoms with E-state index in [2.05, 4.69) is 70.1 Å². The van der Waals surface area contributed by atoms with Crippen LogP contribution in [0.15, 0.2) is 42.5 Å². The molecular formula is C24H35NO5. The van der Waals surface area contributed by atoms with Crippen molar-refractivity contribution in [1.29, 1.82) is 0 Å². The molecule has 0 amide bonds. The first-order valence-electron chi connectivity index (χ1n) is 10.4. The number of carbonyl (C=O) groups is 2. The van der Waals surface area contributed by atoms with E-state index in [0.717, 1.165) is 19.1 Å². The van der Waals surface area contributed by atoms with Gasteiger partial charge in [0.25, 0.3) is 0 Å². The van der Waals surface area contributed by atoms with Gasteiger partial charge in [0.05, 0.1) is 12.2 Å². The summed E-state index contributed by atoms with van der Waals surface area (Å²) in [7, 11) is 4.23. The average Bonchev–Trinajstić information content (AvgIpc) is 3.00. The Morgan fingerprint density at radius 3 is 2.07 bits per heavy atom. The standard InChI is InChI=1S/C20H31NO.C4H4O4/c1-18(2)17-11-12-19(18,3)20(15-17,22-14-13-21(4)5)16-9-7-6-8-10-16;5-3(6)1-2-4(7)8/h6-10,17H,11-15H2,1-5H3;1-2H,(H,5,6)(H,7,8)/b;2-1-/t17-,19-,20+;/m1./s1. The Hall–Kier alpha value is -2.18. The lowest BCUT2D eigenvalue weighted by Crippen LogP contribution is -2.47. The zero-order chi connectivity index (χ0) is 22.6. The highest BCUT2D eigenvalue weighted by atomic mass is 16.5. The summed E-state index contributed by atoms with van der Waals surface area (Å²) in [6.45, 7) is 9.19. The summed E-state index contributed by atoms with van der Waals surface area (Å²) < 4.78 is 6.72. The Morgan fingerprint density at radius 1 is 1.10 bits per heavy atom. The van der Waals surface area contributed by atoms with E-state index in [4.69, 9.17) is 14.9 Å². The number of hydrogen-bond donors (Lipinski definition) is 2. The fraction of sp³-hybridized carbons (Fsp3) is 0.583. The molecule has 30 heavy (non-hydrogen) atoms. The maximum absolute atomic E-state index is 9.55. The van der Waals surface area contributed by atoms with Gasteiger partial charge < -0.3 is 19.8 Å². The highest BCUT2D eigenvalue weighted by Gasteiger charge is 2.69. The van der Waals surface area contributed by atoms with Gasteiger partial charge in [0.2, 0.25) is 0 Å². The third-order valence-corrected chi connectivity index (χ3v) is 7.36. The molecule has 0 saturated heterocycles. The molecule has 3 atom stereocenters. The van der Waals surface area contributed by atoms with Crippen LogP contribution in [0, 0.1) is 16.7 Å². The van der Waals surface area contributed by atoms with Gasteiger partial charge in [-0.15, -0.1) is 0 Å². The zero-order valence-corrected chi connectivity index (χ0v) is 18.7. The number of aliphatic carboxylic acids is 2. The van der Waals surface area contributed by atoms with Gasteiger partial charge in [-0.05, 0) is 50.3 Å². The van der Waals surface area contributed by atoms with Gasteiger partial charge in [0.1, 0.15) is 0 Å². The Labute approximate surface area is 179 Å². The van der Waals surface area contributed by atoms with Gasteiger partial charge in [0.15, 0.2) is 0 Å². The molecule has 1 aromatic carbocycles. The SMILES string of the molecule is CN(C)CCO[C@]1(c2ccccc2)C[C@H]2CC[C@]1(C)C2(C)C.O=C(O)/C=C\C(=O)O. The smallest absolute Gasteiger partial charge is 0.328 e. The molecule has 2 bridgehead atoms. The summed E-state index contributed by atoms with van der Waals surface area (Å²) in [4.78, 5) is 21.3. The van der Waals surface area contributed by atoms with E-state index in [0.29, 0.717) is 17.6 Å². The van der Waals surface area contributed by atoms with Crippen LogP contribution < -0.4 is 0 Å². The summed E-state index contributed by atoms with van der Waals surface area (Å²) in [6.07, 6.45) is 4.93. The van der Waals surface area contributed by atoms with Crippen molar-refractivity contribution in [3.63, 3.8) is 0 Å². The lowest BCUT2D eigenvalue weighted by Gasteiger charge is -2.49. The van der Waals surface area contributed by atoms with Gasteiger partial charge in [-0.1, -0.05) is 51.1 Å². The second kappa shape index (κ2) is 9.31. The number of rotatable bonds is 7. The Balaban J connectivity index is 0.000000343. The lowest BCUT2D eigenvalue weighted by atomic mass is 9.62. The molecule has 6 heteroatoms. The second-order valence-corrected chi connectivity index (χ2v) is 9.35. The van der Waals surface area contributed by atoms with Crippen LogP contribution in [0.3, 0.4) is 0 Å². The van der Waals surface area contributed by atoms with Crippen molar-refractivity contribution >= 4 is 11.9 Å². The summed E-state index contributed by atoms with van der Waals surface area (Å²) >= 11 is 0. The van der Waals surface area contributed by atoms with Gasteiger partial charge in [-0.3, -0.25) is 0 Å². The number of nitrogens with zero attached hydrogens (tertiary/aromatic N) is 1. The number of benzene rings is 1. The van der Waals surface area contributed by atoms with Gasteiger partial charge in [-0.25, -0.2) is 9.59 Å². The van der Waals surface area contributed by atoms with E-state index in [-0.39, 0.29) is 11.0 Å². The van der Waals surface area contributed by atoms with Crippen LogP contribution in [0.5, 0.6) is 0 Å². The van der Waals surface area contributed by atoms with Crippen LogP contribution in [-0.2, 0) is 19.9 Å². The molecule has 6 nitrogen and oxygen atoms in total. The zero-order valence-electron chi connectivity index (χ0n) is 18.7. The van der Waals surface area contributed by atoms with Gasteiger partial charge >= 0.3 is 11.9 Å². The van der Waals surface area contributed by atoms with Crippen LogP contribution in [0.4, 0.5) is 0 Å². The molecule has 1 aromatic rings. The number of carboxylic acids is 2. The minimum Gasteiger partial charge on any atom is -0.478 e. The highest BCUT2D eigenvalue weighted by molar-refractivity contribution is 5.89. The molecule has 166 valence electrons. The average molecular weight is 418 g/mol. The molecule has 2 fully saturated rings. The van der Waals surface area contributed by atoms with E-state index < -0.39 is 11.9 Å². The van der Waals surface area contributed by atoms with E-state index in [1.165, 1.54) is 24.8 Å². The molecule has 0 spiro atoms. The predicted molar refractivity (Wildman–Crippen MR) is 116 cm³/mol. The molecule has 0 unspecified atom stereocenters. The predicted octanol–water partition coefficient (Wildman–Crippen LogP) is 4.02. The maximum atomic E-state index is 9.55. The van der Waals surface area contributed by atoms with Crippen LogP contribution in [0.25, 0.3) is 0 Å². The van der Waals surface area contributed by atoms with E-state index >= 15 is 0 Å². The van der Waals surface area contributed by atoms with Crippen molar-refractivity contribution in [3.8, 4) is 0 Å². The molecule has 0 aromatic heterocycles. The Bertz CT molecular complexity index is 757. The van der Waals surface area contributed by atoms with Crippen LogP contribution in [-0.4, -0.2) is 54.3 Å². The second-order valence-electron chi connectivity index (χ2n) is 9.35. The highest BCUT2D eigenvalue weighted by Crippen LogP contribution is 2.73. The third-order valence-electron chi connectivity index (χ3n) is 7.36. The molecule has 0 radical (unpaired) electrons. The van der Waals surface area contributed by atoms with Gasteiger partial charge in [-0.2, -0.15) is 0 Å². The number of likely N-dealkylation sites (N-methyl/N-ethyl adjacent to an activating group) is 1. The van der Waals surface area contributed by atoms with Crippen LogP contribution in [0.2, 0.25) is 0 Å². The summed E-state index contributed by atoms with van der Waals surface area (Å²) in [5, 5.41) is 15.6. The van der Waals surface area contributed by atoms with Crippen molar-refractivity contribution in [3.05, 3.63) is 48.0 Å². The quantitative estimate of drug-likeness (QED) is 0.652. The Kier molecular flexibility index (Phi) is 7.48. The van der Waals surface area contributed by atoms with Crippen molar-refractivity contribution in [2.45, 2.75) is 45.6 Å². The summed E-state index contributed by atoms with van der Waals surface area (Å²) in [5.74, 6) is -1.74. The van der Waals surface area contributed by atoms with E-state index in [1.54, 1.807) is 0 Å². The largest absolute Gasteiger partial charge is 0.478 e.